The molecule has 3 aromatic carbocycles. The molecule has 39 heavy (non-hydrogen) atoms. The third-order valence-electron chi connectivity index (χ3n) is 6.59. The van der Waals surface area contributed by atoms with Gasteiger partial charge in [-0.05, 0) is 78.4 Å². The van der Waals surface area contributed by atoms with Crippen molar-refractivity contribution < 1.29 is 29.3 Å². The summed E-state index contributed by atoms with van der Waals surface area (Å²) in [6.45, 7) is 10.9. The Morgan fingerprint density at radius 3 is 2.18 bits per heavy atom. The fourth-order valence-electron chi connectivity index (χ4n) is 4.53. The molecule has 1 amide bonds. The Hall–Kier alpha value is -4.26. The summed E-state index contributed by atoms with van der Waals surface area (Å²) in [4.78, 5) is 28.3. The number of aromatic hydroxyl groups is 1. The molecule has 3 aromatic rings. The number of aliphatic hydroxyl groups excluding tert-OH is 1. The van der Waals surface area contributed by atoms with Gasteiger partial charge in [0.1, 0.15) is 11.5 Å². The summed E-state index contributed by atoms with van der Waals surface area (Å²) >= 11 is 0. The largest absolute Gasteiger partial charge is 0.507 e. The van der Waals surface area contributed by atoms with Crippen LogP contribution >= 0.6 is 0 Å². The fourth-order valence-corrected chi connectivity index (χ4v) is 4.53. The lowest BCUT2D eigenvalue weighted by atomic mass is 9.94. The summed E-state index contributed by atoms with van der Waals surface area (Å²) in [5.41, 5.74) is 2.47. The van der Waals surface area contributed by atoms with Gasteiger partial charge in [-0.15, -0.1) is 0 Å². The van der Waals surface area contributed by atoms with E-state index in [1.807, 2.05) is 12.1 Å². The van der Waals surface area contributed by atoms with Crippen LogP contribution in [0.1, 0.15) is 63.3 Å². The highest BCUT2D eigenvalue weighted by Crippen LogP contribution is 2.44. The number of hydrogen-bond donors (Lipinski definition) is 2. The first-order valence-electron chi connectivity index (χ1n) is 13.2. The Labute approximate surface area is 229 Å². The second-order valence-corrected chi connectivity index (χ2v) is 10.3. The zero-order valence-electron chi connectivity index (χ0n) is 23.0. The maximum absolute atomic E-state index is 13.5. The second-order valence-electron chi connectivity index (χ2n) is 10.3. The first kappa shape index (κ1) is 27.8. The Bertz CT molecular complexity index is 1370. The van der Waals surface area contributed by atoms with E-state index in [1.54, 1.807) is 55.5 Å². The lowest BCUT2D eigenvalue weighted by Crippen LogP contribution is -2.29. The summed E-state index contributed by atoms with van der Waals surface area (Å²) in [5.74, 6) is -0.376. The van der Waals surface area contributed by atoms with E-state index in [9.17, 15) is 19.8 Å². The van der Waals surface area contributed by atoms with Gasteiger partial charge in [0.25, 0.3) is 11.7 Å². The predicted octanol–water partition coefficient (Wildman–Crippen LogP) is 6.58. The number of benzene rings is 3. The minimum absolute atomic E-state index is 0.0445. The molecule has 0 saturated carbocycles. The number of ketones is 1. The molecule has 1 aliphatic rings. The predicted molar refractivity (Wildman–Crippen MR) is 151 cm³/mol. The molecule has 0 spiro atoms. The van der Waals surface area contributed by atoms with Gasteiger partial charge in [0.2, 0.25) is 0 Å². The van der Waals surface area contributed by atoms with Crippen molar-refractivity contribution in [1.82, 2.24) is 0 Å². The van der Waals surface area contributed by atoms with Gasteiger partial charge in [-0.25, -0.2) is 0 Å². The van der Waals surface area contributed by atoms with E-state index in [1.165, 1.54) is 11.0 Å². The van der Waals surface area contributed by atoms with Gasteiger partial charge in [0.05, 0.1) is 24.8 Å². The number of carbonyl (C=O) groups is 2. The number of anilines is 1. The molecule has 2 N–H and O–H groups in total. The van der Waals surface area contributed by atoms with E-state index >= 15 is 0 Å². The van der Waals surface area contributed by atoms with E-state index < -0.39 is 17.7 Å². The highest BCUT2D eigenvalue weighted by Gasteiger charge is 2.47. The van der Waals surface area contributed by atoms with E-state index in [4.69, 9.17) is 9.47 Å². The fraction of sp³-hybridized carbons (Fsp3) is 0.312. The van der Waals surface area contributed by atoms with E-state index in [0.717, 1.165) is 5.56 Å². The number of hydrogen-bond acceptors (Lipinski definition) is 6. The quantitative estimate of drug-likeness (QED) is 0.185. The van der Waals surface area contributed by atoms with Crippen LogP contribution in [0.15, 0.2) is 72.3 Å². The van der Waals surface area contributed by atoms with Crippen molar-refractivity contribution in [3.05, 3.63) is 89.0 Å². The Kier molecular flexibility index (Phi) is 8.29. The number of ether oxygens (including phenoxy) is 2. The number of amides is 1. The van der Waals surface area contributed by atoms with Crippen LogP contribution in [-0.4, -0.2) is 35.1 Å². The Balaban J connectivity index is 1.84. The third-order valence-corrected chi connectivity index (χ3v) is 6.59. The average molecular weight is 530 g/mol. The molecule has 0 bridgehead atoms. The zero-order valence-corrected chi connectivity index (χ0v) is 23.0. The Morgan fingerprint density at radius 1 is 0.923 bits per heavy atom. The molecule has 1 heterocycles. The molecule has 0 aliphatic carbocycles. The molecule has 7 nitrogen and oxygen atoms in total. The van der Waals surface area contributed by atoms with Crippen LogP contribution in [0.3, 0.4) is 0 Å². The smallest absolute Gasteiger partial charge is 0.300 e. The lowest BCUT2D eigenvalue weighted by molar-refractivity contribution is -0.132. The normalized spacial score (nSPS) is 16.8. The number of carbonyl (C=O) groups excluding carboxylic acids is 2. The van der Waals surface area contributed by atoms with Crippen molar-refractivity contribution in [2.45, 2.75) is 46.6 Å². The van der Waals surface area contributed by atoms with E-state index in [2.05, 4.69) is 27.7 Å². The van der Waals surface area contributed by atoms with Crippen molar-refractivity contribution in [3.63, 3.8) is 0 Å². The Morgan fingerprint density at radius 2 is 1.59 bits per heavy atom. The summed E-state index contributed by atoms with van der Waals surface area (Å²) in [5, 5.41) is 21.7. The molecular formula is C32H35NO6. The molecule has 4 rings (SSSR count). The first-order chi connectivity index (χ1) is 18.6. The van der Waals surface area contributed by atoms with Crippen LogP contribution < -0.4 is 14.4 Å². The minimum Gasteiger partial charge on any atom is -0.507 e. The van der Waals surface area contributed by atoms with E-state index in [0.29, 0.717) is 47.6 Å². The highest BCUT2D eigenvalue weighted by molar-refractivity contribution is 6.51. The number of phenolic OH excluding ortho intramolecular Hbond substituents is 1. The number of aliphatic hydroxyl groups is 1. The molecule has 1 atom stereocenters. The van der Waals surface area contributed by atoms with Crippen LogP contribution in [0, 0.1) is 5.92 Å². The van der Waals surface area contributed by atoms with Crippen LogP contribution in [-0.2, 0) is 9.59 Å². The molecular weight excluding hydrogens is 494 g/mol. The lowest BCUT2D eigenvalue weighted by Gasteiger charge is -2.26. The maximum Gasteiger partial charge on any atom is 0.300 e. The van der Waals surface area contributed by atoms with Gasteiger partial charge in [0.15, 0.2) is 11.5 Å². The maximum atomic E-state index is 13.5. The van der Waals surface area contributed by atoms with Crippen molar-refractivity contribution in [2.24, 2.45) is 5.92 Å². The van der Waals surface area contributed by atoms with Crippen LogP contribution in [0.5, 0.6) is 17.2 Å². The van der Waals surface area contributed by atoms with Crippen molar-refractivity contribution >= 4 is 23.1 Å². The average Bonchev–Trinajstić information content (AvgIpc) is 3.18. The third kappa shape index (κ3) is 5.77. The number of phenols is 1. The molecule has 1 unspecified atom stereocenters. The molecule has 0 radical (unpaired) electrons. The zero-order chi connectivity index (χ0) is 28.3. The first-order valence-corrected chi connectivity index (χ1v) is 13.2. The summed E-state index contributed by atoms with van der Waals surface area (Å²) in [6, 6.07) is 18.0. The van der Waals surface area contributed by atoms with E-state index in [-0.39, 0.29) is 22.8 Å². The van der Waals surface area contributed by atoms with Gasteiger partial charge in [-0.3, -0.25) is 14.5 Å². The highest BCUT2D eigenvalue weighted by atomic mass is 16.5. The van der Waals surface area contributed by atoms with Crippen LogP contribution in [0.4, 0.5) is 5.69 Å². The van der Waals surface area contributed by atoms with Crippen LogP contribution in [0.25, 0.3) is 5.76 Å². The van der Waals surface area contributed by atoms with Crippen molar-refractivity contribution in [3.8, 4) is 17.2 Å². The standard InChI is InChI=1S/C32H35NO6/c1-6-38-27-17-23(11-16-26(27)34)29-28(30(35)22-9-14-25(15-10-22)39-18-19(2)3)31(36)32(37)33(29)24-12-7-21(8-13-24)20(4)5/h7-17,19-20,29,34-35H,6,18H2,1-5H3/b30-28-. The SMILES string of the molecule is CCOc1cc(C2/C(=C(/O)c3ccc(OCC(C)C)cc3)C(=O)C(=O)N2c2ccc(C(C)C)cc2)ccc1O. The van der Waals surface area contributed by atoms with Gasteiger partial charge in [0, 0.05) is 11.3 Å². The molecule has 1 fully saturated rings. The van der Waals surface area contributed by atoms with Crippen molar-refractivity contribution in [1.29, 1.82) is 0 Å². The molecule has 7 heteroatoms. The number of Topliss-reactive ketones (excluding diaryl/α,β-unsaturated/α-hetero) is 1. The minimum atomic E-state index is -0.938. The summed E-state index contributed by atoms with van der Waals surface area (Å²) in [7, 11) is 0. The second kappa shape index (κ2) is 11.6. The van der Waals surface area contributed by atoms with Crippen LogP contribution in [0.2, 0.25) is 0 Å². The van der Waals surface area contributed by atoms with Gasteiger partial charge in [-0.1, -0.05) is 45.9 Å². The van der Waals surface area contributed by atoms with Gasteiger partial charge >= 0.3 is 0 Å². The van der Waals surface area contributed by atoms with Gasteiger partial charge in [-0.2, -0.15) is 0 Å². The van der Waals surface area contributed by atoms with Gasteiger partial charge < -0.3 is 19.7 Å². The molecule has 1 aliphatic heterocycles. The van der Waals surface area contributed by atoms with Crippen molar-refractivity contribution in [2.75, 3.05) is 18.1 Å². The topological polar surface area (TPSA) is 96.3 Å². The molecule has 0 aromatic heterocycles. The molecule has 204 valence electrons. The number of nitrogens with zero attached hydrogens (tertiary/aromatic N) is 1. The number of rotatable bonds is 9. The summed E-state index contributed by atoms with van der Waals surface area (Å²) < 4.78 is 11.3. The molecule has 1 saturated heterocycles. The monoisotopic (exact) mass is 529 g/mol. The summed E-state index contributed by atoms with van der Waals surface area (Å²) in [6.07, 6.45) is 0.